The van der Waals surface area contributed by atoms with Crippen molar-refractivity contribution in [3.05, 3.63) is 28.0 Å². The molecule has 0 fully saturated rings. The van der Waals surface area contributed by atoms with Gasteiger partial charge in [-0.15, -0.1) is 0 Å². The first kappa shape index (κ1) is 14.6. The topological polar surface area (TPSA) is 39.2 Å². The highest BCUT2D eigenvalue weighted by atomic mass is 35.5. The fraction of sp³-hybridized carbons (Fsp3) is 0.333. The van der Waals surface area contributed by atoms with E-state index in [0.29, 0.717) is 6.20 Å². The second-order valence-electron chi connectivity index (χ2n) is 3.03. The molecule has 0 N–H and O–H groups in total. The third-order valence-corrected chi connectivity index (χ3v) is 2.24. The first-order valence-electron chi connectivity index (χ1n) is 4.32. The van der Waals surface area contributed by atoms with Crippen molar-refractivity contribution in [3.8, 4) is 0 Å². The molecule has 0 aliphatic rings. The quantitative estimate of drug-likeness (QED) is 0.618. The van der Waals surface area contributed by atoms with E-state index in [1.807, 2.05) is 0 Å². The number of rotatable bonds is 2. The number of esters is 1. The van der Waals surface area contributed by atoms with Crippen molar-refractivity contribution in [3.63, 3.8) is 0 Å². The van der Waals surface area contributed by atoms with E-state index >= 15 is 0 Å². The standard InChI is InChI=1S/C9H5ClF5NO2/c1-18-8(17)6-4(7(11)12)5(9(13,14)15)3(10)2-16-6/h2,7H,1H3. The zero-order chi connectivity index (χ0) is 14.1. The first-order chi connectivity index (χ1) is 8.20. The lowest BCUT2D eigenvalue weighted by atomic mass is 10.1. The maximum absolute atomic E-state index is 12.7. The van der Waals surface area contributed by atoms with Crippen LogP contribution in [0.3, 0.4) is 0 Å². The minimum Gasteiger partial charge on any atom is -0.464 e. The molecule has 0 aromatic carbocycles. The van der Waals surface area contributed by atoms with Gasteiger partial charge in [-0.3, -0.25) is 0 Å². The third-order valence-electron chi connectivity index (χ3n) is 1.95. The summed E-state index contributed by atoms with van der Waals surface area (Å²) in [7, 11) is 0.834. The van der Waals surface area contributed by atoms with Crippen LogP contribution < -0.4 is 0 Å². The van der Waals surface area contributed by atoms with Crippen molar-refractivity contribution in [1.29, 1.82) is 0 Å². The van der Waals surface area contributed by atoms with Crippen LogP contribution in [0, 0.1) is 0 Å². The molecule has 1 heterocycles. The molecule has 0 aliphatic carbocycles. The van der Waals surface area contributed by atoms with Gasteiger partial charge in [-0.05, 0) is 0 Å². The van der Waals surface area contributed by atoms with E-state index in [4.69, 9.17) is 11.6 Å². The van der Waals surface area contributed by atoms with Crippen LogP contribution in [0.4, 0.5) is 22.0 Å². The Hall–Kier alpha value is -1.44. The highest BCUT2D eigenvalue weighted by Crippen LogP contribution is 2.41. The summed E-state index contributed by atoms with van der Waals surface area (Å²) in [6.07, 6.45) is -8.22. The molecular formula is C9H5ClF5NO2. The molecule has 1 aromatic heterocycles. The Labute approximate surface area is 103 Å². The molecule has 9 heteroatoms. The molecule has 0 unspecified atom stereocenters. The average Bonchev–Trinajstić information content (AvgIpc) is 2.25. The SMILES string of the molecule is COC(=O)c1ncc(Cl)c(C(F)(F)F)c1C(F)F. The Kier molecular flexibility index (Phi) is 4.10. The van der Waals surface area contributed by atoms with E-state index in [1.165, 1.54) is 0 Å². The number of ether oxygens (including phenoxy) is 1. The van der Waals surface area contributed by atoms with Crippen molar-refractivity contribution >= 4 is 17.6 Å². The van der Waals surface area contributed by atoms with Gasteiger partial charge >= 0.3 is 12.1 Å². The van der Waals surface area contributed by atoms with Crippen molar-refractivity contribution < 1.29 is 31.5 Å². The fourth-order valence-corrected chi connectivity index (χ4v) is 1.52. The Morgan fingerprint density at radius 2 is 2.00 bits per heavy atom. The Bertz CT molecular complexity index is 475. The maximum Gasteiger partial charge on any atom is 0.418 e. The Morgan fingerprint density at radius 1 is 1.44 bits per heavy atom. The minimum absolute atomic E-state index is 0.475. The number of halogens is 6. The van der Waals surface area contributed by atoms with Crippen LogP contribution in [-0.4, -0.2) is 18.1 Å². The molecule has 18 heavy (non-hydrogen) atoms. The molecule has 0 radical (unpaired) electrons. The van der Waals surface area contributed by atoms with Crippen LogP contribution in [0.2, 0.25) is 5.02 Å². The van der Waals surface area contributed by atoms with Gasteiger partial charge in [0, 0.05) is 6.20 Å². The van der Waals surface area contributed by atoms with Crippen molar-refractivity contribution in [1.82, 2.24) is 4.98 Å². The smallest absolute Gasteiger partial charge is 0.418 e. The summed E-state index contributed by atoms with van der Waals surface area (Å²) in [5.41, 5.74) is -4.47. The lowest BCUT2D eigenvalue weighted by Gasteiger charge is -2.15. The molecule has 0 aliphatic heterocycles. The first-order valence-corrected chi connectivity index (χ1v) is 4.70. The molecule has 0 atom stereocenters. The van der Waals surface area contributed by atoms with Crippen LogP contribution >= 0.6 is 11.6 Å². The predicted molar refractivity (Wildman–Crippen MR) is 50.5 cm³/mol. The van der Waals surface area contributed by atoms with Gasteiger partial charge in [-0.1, -0.05) is 11.6 Å². The molecule has 3 nitrogen and oxygen atoms in total. The van der Waals surface area contributed by atoms with Crippen LogP contribution in [0.1, 0.15) is 28.0 Å². The van der Waals surface area contributed by atoms with Crippen LogP contribution in [0.25, 0.3) is 0 Å². The second kappa shape index (κ2) is 5.05. The Morgan fingerprint density at radius 3 is 2.39 bits per heavy atom. The number of carbonyl (C=O) groups excluding carboxylic acids is 1. The van der Waals surface area contributed by atoms with Crippen LogP contribution in [0.15, 0.2) is 6.20 Å². The number of aromatic nitrogens is 1. The summed E-state index contributed by atoms with van der Waals surface area (Å²) < 4.78 is 67.3. The zero-order valence-electron chi connectivity index (χ0n) is 8.69. The summed E-state index contributed by atoms with van der Waals surface area (Å²) in [6.45, 7) is 0. The number of nitrogens with zero attached hydrogens (tertiary/aromatic N) is 1. The van der Waals surface area contributed by atoms with Crippen LogP contribution in [0.5, 0.6) is 0 Å². The highest BCUT2D eigenvalue weighted by Gasteiger charge is 2.41. The third kappa shape index (κ3) is 2.69. The molecule has 0 amide bonds. The predicted octanol–water partition coefficient (Wildman–Crippen LogP) is 3.48. The van der Waals surface area contributed by atoms with E-state index < -0.39 is 40.4 Å². The summed E-state index contributed by atoms with van der Waals surface area (Å²) in [5, 5.41) is -1.01. The number of methoxy groups -OCH3 is 1. The maximum atomic E-state index is 12.7. The van der Waals surface area contributed by atoms with E-state index in [0.717, 1.165) is 7.11 Å². The minimum atomic E-state index is -5.13. The monoisotopic (exact) mass is 289 g/mol. The van der Waals surface area contributed by atoms with E-state index in [-0.39, 0.29) is 0 Å². The number of hydrogen-bond donors (Lipinski definition) is 0. The van der Waals surface area contributed by atoms with Crippen molar-refractivity contribution in [2.45, 2.75) is 12.6 Å². The normalized spacial score (nSPS) is 11.8. The second-order valence-corrected chi connectivity index (χ2v) is 3.44. The van der Waals surface area contributed by atoms with E-state index in [2.05, 4.69) is 9.72 Å². The molecular weight excluding hydrogens is 285 g/mol. The van der Waals surface area contributed by atoms with Gasteiger partial charge in [0.15, 0.2) is 5.69 Å². The van der Waals surface area contributed by atoms with Gasteiger partial charge in [0.2, 0.25) is 0 Å². The summed E-state index contributed by atoms with van der Waals surface area (Å²) >= 11 is 5.21. The van der Waals surface area contributed by atoms with Gasteiger partial charge in [-0.25, -0.2) is 18.6 Å². The van der Waals surface area contributed by atoms with Gasteiger partial charge in [0.25, 0.3) is 6.43 Å². The number of hydrogen-bond acceptors (Lipinski definition) is 3. The fourth-order valence-electron chi connectivity index (χ4n) is 1.26. The summed E-state index contributed by atoms with van der Waals surface area (Å²) in [4.78, 5) is 14.3. The van der Waals surface area contributed by atoms with Crippen molar-refractivity contribution in [2.24, 2.45) is 0 Å². The summed E-state index contributed by atoms with van der Waals surface area (Å²) in [6, 6.07) is 0. The van der Waals surface area contributed by atoms with Crippen molar-refractivity contribution in [2.75, 3.05) is 7.11 Å². The van der Waals surface area contributed by atoms with Crippen LogP contribution in [-0.2, 0) is 10.9 Å². The molecule has 0 saturated heterocycles. The molecule has 100 valence electrons. The lowest BCUT2D eigenvalue weighted by molar-refractivity contribution is -0.139. The summed E-state index contributed by atoms with van der Waals surface area (Å²) in [5.74, 6) is -1.40. The zero-order valence-corrected chi connectivity index (χ0v) is 9.44. The Balaban J connectivity index is 3.64. The average molecular weight is 290 g/mol. The molecule has 0 bridgehead atoms. The largest absolute Gasteiger partial charge is 0.464 e. The molecule has 1 aromatic rings. The molecule has 0 spiro atoms. The van der Waals surface area contributed by atoms with E-state index in [1.54, 1.807) is 0 Å². The van der Waals surface area contributed by atoms with E-state index in [9.17, 15) is 26.7 Å². The van der Waals surface area contributed by atoms with Gasteiger partial charge in [0.05, 0.1) is 23.3 Å². The molecule has 1 rings (SSSR count). The number of pyridine rings is 1. The van der Waals surface area contributed by atoms with Gasteiger partial charge in [-0.2, -0.15) is 13.2 Å². The van der Waals surface area contributed by atoms with Gasteiger partial charge < -0.3 is 4.74 Å². The lowest BCUT2D eigenvalue weighted by Crippen LogP contribution is -2.17. The highest BCUT2D eigenvalue weighted by molar-refractivity contribution is 6.31. The molecule has 0 saturated carbocycles. The number of alkyl halides is 5. The number of carbonyl (C=O) groups is 1. The van der Waals surface area contributed by atoms with Gasteiger partial charge in [0.1, 0.15) is 0 Å².